The van der Waals surface area contributed by atoms with Gasteiger partial charge < -0.3 is 15.5 Å². The first-order valence-electron chi connectivity index (χ1n) is 4.47. The van der Waals surface area contributed by atoms with E-state index in [4.69, 9.17) is 10.2 Å². The van der Waals surface area contributed by atoms with Crippen LogP contribution < -0.4 is 5.32 Å². The number of rotatable bonds is 4. The molecule has 0 bridgehead atoms. The Kier molecular flexibility index (Phi) is 3.90. The van der Waals surface area contributed by atoms with Crippen LogP contribution in [0.15, 0.2) is 12.4 Å². The van der Waals surface area contributed by atoms with Gasteiger partial charge in [-0.05, 0) is 6.92 Å². The Bertz CT molecular complexity index is 390. The van der Waals surface area contributed by atoms with Gasteiger partial charge in [-0.25, -0.2) is 9.78 Å². The van der Waals surface area contributed by atoms with Crippen LogP contribution in [0.3, 0.4) is 0 Å². The Morgan fingerprint density at radius 1 is 1.44 bits per heavy atom. The molecule has 0 aliphatic rings. The Labute approximate surface area is 91.2 Å². The second kappa shape index (κ2) is 5.17. The van der Waals surface area contributed by atoms with E-state index in [1.54, 1.807) is 6.92 Å². The Balaban J connectivity index is 2.71. The SMILES string of the molecule is Cc1cnc(C(=O)NC(CO)C(=O)O)cn1. The van der Waals surface area contributed by atoms with Crippen molar-refractivity contribution in [2.24, 2.45) is 0 Å². The van der Waals surface area contributed by atoms with E-state index in [1.807, 2.05) is 0 Å². The van der Waals surface area contributed by atoms with Crippen molar-refractivity contribution in [2.45, 2.75) is 13.0 Å². The Morgan fingerprint density at radius 3 is 2.56 bits per heavy atom. The van der Waals surface area contributed by atoms with Crippen LogP contribution in [0.4, 0.5) is 0 Å². The lowest BCUT2D eigenvalue weighted by molar-refractivity contribution is -0.140. The average Bonchev–Trinajstić information content (AvgIpc) is 2.26. The Hall–Kier alpha value is -2.02. The number of aliphatic hydroxyl groups excluding tert-OH is 1. The molecule has 1 rings (SSSR count). The predicted molar refractivity (Wildman–Crippen MR) is 52.7 cm³/mol. The third-order valence-corrected chi connectivity index (χ3v) is 1.80. The molecule has 0 saturated carbocycles. The summed E-state index contributed by atoms with van der Waals surface area (Å²) in [4.78, 5) is 29.6. The first-order chi connectivity index (χ1) is 7.54. The third kappa shape index (κ3) is 2.99. The maximum absolute atomic E-state index is 11.4. The normalized spacial score (nSPS) is 11.9. The summed E-state index contributed by atoms with van der Waals surface area (Å²) in [7, 11) is 0. The van der Waals surface area contributed by atoms with Crippen LogP contribution in [0.2, 0.25) is 0 Å². The van der Waals surface area contributed by atoms with Crippen molar-refractivity contribution >= 4 is 11.9 Å². The zero-order chi connectivity index (χ0) is 12.1. The molecule has 3 N–H and O–H groups in total. The molecule has 0 fully saturated rings. The number of hydrogen-bond donors (Lipinski definition) is 3. The molecule has 1 amide bonds. The van der Waals surface area contributed by atoms with Crippen LogP contribution >= 0.6 is 0 Å². The summed E-state index contributed by atoms with van der Waals surface area (Å²) in [5, 5.41) is 19.4. The molecule has 1 heterocycles. The van der Waals surface area contributed by atoms with E-state index in [9.17, 15) is 9.59 Å². The average molecular weight is 225 g/mol. The van der Waals surface area contributed by atoms with Gasteiger partial charge in [-0.2, -0.15) is 0 Å². The van der Waals surface area contributed by atoms with Gasteiger partial charge in [-0.15, -0.1) is 0 Å². The molecule has 1 aromatic heterocycles. The highest BCUT2D eigenvalue weighted by atomic mass is 16.4. The van der Waals surface area contributed by atoms with Crippen molar-refractivity contribution in [2.75, 3.05) is 6.61 Å². The standard InChI is InChI=1S/C9H11N3O4/c1-5-2-11-6(3-10-5)8(14)12-7(4-13)9(15)16/h2-3,7,13H,4H2,1H3,(H,12,14)(H,15,16). The van der Waals surface area contributed by atoms with Crippen molar-refractivity contribution in [1.29, 1.82) is 0 Å². The molecule has 1 atom stereocenters. The largest absolute Gasteiger partial charge is 0.480 e. The molecule has 1 unspecified atom stereocenters. The first kappa shape index (κ1) is 12.1. The molecule has 16 heavy (non-hydrogen) atoms. The highest BCUT2D eigenvalue weighted by Gasteiger charge is 2.20. The van der Waals surface area contributed by atoms with E-state index in [0.717, 1.165) is 0 Å². The number of aliphatic carboxylic acids is 1. The molecule has 7 nitrogen and oxygen atoms in total. The summed E-state index contributed by atoms with van der Waals surface area (Å²) in [5.74, 6) is -2.00. The van der Waals surface area contributed by atoms with Gasteiger partial charge in [-0.3, -0.25) is 9.78 Å². The van der Waals surface area contributed by atoms with Gasteiger partial charge in [0.25, 0.3) is 5.91 Å². The van der Waals surface area contributed by atoms with E-state index in [1.165, 1.54) is 12.4 Å². The smallest absolute Gasteiger partial charge is 0.328 e. The lowest BCUT2D eigenvalue weighted by Gasteiger charge is -2.10. The number of aromatic nitrogens is 2. The number of aryl methyl sites for hydroxylation is 1. The molecule has 0 spiro atoms. The minimum absolute atomic E-state index is 0.00491. The van der Waals surface area contributed by atoms with Gasteiger partial charge in [0.05, 0.1) is 18.5 Å². The highest BCUT2D eigenvalue weighted by molar-refractivity contribution is 5.94. The number of aliphatic hydroxyl groups is 1. The van der Waals surface area contributed by atoms with Crippen molar-refractivity contribution in [3.63, 3.8) is 0 Å². The lowest BCUT2D eigenvalue weighted by Crippen LogP contribution is -2.43. The van der Waals surface area contributed by atoms with Crippen molar-refractivity contribution in [3.8, 4) is 0 Å². The third-order valence-electron chi connectivity index (χ3n) is 1.80. The van der Waals surface area contributed by atoms with Crippen LogP contribution in [0, 0.1) is 6.92 Å². The molecule has 0 radical (unpaired) electrons. The summed E-state index contributed by atoms with van der Waals surface area (Å²) >= 11 is 0. The minimum Gasteiger partial charge on any atom is -0.480 e. The van der Waals surface area contributed by atoms with Gasteiger partial charge in [0.2, 0.25) is 0 Å². The van der Waals surface area contributed by atoms with Gasteiger partial charge in [0, 0.05) is 6.20 Å². The van der Waals surface area contributed by atoms with Crippen LogP contribution in [0.5, 0.6) is 0 Å². The molecule has 0 aromatic carbocycles. The van der Waals surface area contributed by atoms with Crippen LogP contribution in [-0.4, -0.2) is 44.7 Å². The fourth-order valence-electron chi connectivity index (χ4n) is 0.928. The number of carbonyl (C=O) groups excluding carboxylic acids is 1. The summed E-state index contributed by atoms with van der Waals surface area (Å²) in [5.41, 5.74) is 0.652. The van der Waals surface area contributed by atoms with Crippen molar-refractivity contribution < 1.29 is 19.8 Å². The van der Waals surface area contributed by atoms with Crippen molar-refractivity contribution in [1.82, 2.24) is 15.3 Å². The summed E-state index contributed by atoms with van der Waals surface area (Å²) < 4.78 is 0. The number of nitrogens with one attached hydrogen (secondary N) is 1. The fourth-order valence-corrected chi connectivity index (χ4v) is 0.928. The highest BCUT2D eigenvalue weighted by Crippen LogP contribution is 1.95. The first-order valence-corrected chi connectivity index (χ1v) is 4.47. The number of hydrogen-bond acceptors (Lipinski definition) is 5. The molecular formula is C9H11N3O4. The molecule has 86 valence electrons. The minimum atomic E-state index is -1.34. The quantitative estimate of drug-likeness (QED) is 0.603. The Morgan fingerprint density at radius 2 is 2.12 bits per heavy atom. The number of carbonyl (C=O) groups is 2. The molecule has 0 aliphatic carbocycles. The molecule has 0 aliphatic heterocycles. The van der Waals surface area contributed by atoms with E-state index >= 15 is 0 Å². The molecule has 1 aromatic rings. The predicted octanol–water partition coefficient (Wildman–Crippen LogP) is -1.04. The summed E-state index contributed by atoms with van der Waals surface area (Å²) in [6.45, 7) is 1.03. The van der Waals surface area contributed by atoms with E-state index in [2.05, 4.69) is 15.3 Å². The van der Waals surface area contributed by atoms with Crippen LogP contribution in [-0.2, 0) is 4.79 Å². The van der Waals surface area contributed by atoms with E-state index < -0.39 is 24.5 Å². The topological polar surface area (TPSA) is 112 Å². The van der Waals surface area contributed by atoms with Gasteiger partial charge in [0.15, 0.2) is 6.04 Å². The lowest BCUT2D eigenvalue weighted by atomic mass is 10.3. The molecular weight excluding hydrogens is 214 g/mol. The second-order valence-electron chi connectivity index (χ2n) is 3.09. The zero-order valence-electron chi connectivity index (χ0n) is 8.54. The van der Waals surface area contributed by atoms with Crippen LogP contribution in [0.25, 0.3) is 0 Å². The van der Waals surface area contributed by atoms with Crippen molar-refractivity contribution in [3.05, 3.63) is 23.8 Å². The maximum Gasteiger partial charge on any atom is 0.328 e. The number of amides is 1. The number of nitrogens with zero attached hydrogens (tertiary/aromatic N) is 2. The monoisotopic (exact) mass is 225 g/mol. The zero-order valence-corrected chi connectivity index (χ0v) is 8.54. The van der Waals surface area contributed by atoms with Gasteiger partial charge in [0.1, 0.15) is 5.69 Å². The summed E-state index contributed by atoms with van der Waals surface area (Å²) in [6.07, 6.45) is 2.63. The van der Waals surface area contributed by atoms with Gasteiger partial charge in [-0.1, -0.05) is 0 Å². The summed E-state index contributed by atoms with van der Waals surface area (Å²) in [6, 6.07) is -1.34. The number of carboxylic acids is 1. The van der Waals surface area contributed by atoms with Gasteiger partial charge >= 0.3 is 5.97 Å². The van der Waals surface area contributed by atoms with E-state index in [0.29, 0.717) is 5.69 Å². The van der Waals surface area contributed by atoms with E-state index in [-0.39, 0.29) is 5.69 Å². The molecule has 7 heteroatoms. The number of carboxylic acid groups (broad SMARTS) is 1. The molecule has 0 saturated heterocycles. The second-order valence-corrected chi connectivity index (χ2v) is 3.09. The maximum atomic E-state index is 11.4. The fraction of sp³-hybridized carbons (Fsp3) is 0.333. The van der Waals surface area contributed by atoms with Crippen LogP contribution in [0.1, 0.15) is 16.2 Å².